The van der Waals surface area contributed by atoms with Crippen LogP contribution in [0.5, 0.6) is 0 Å². The normalized spacial score (nSPS) is 10.2. The van der Waals surface area contributed by atoms with Gasteiger partial charge in [-0.3, -0.25) is 0 Å². The molecule has 19 heavy (non-hydrogen) atoms. The van der Waals surface area contributed by atoms with Crippen molar-refractivity contribution in [1.82, 2.24) is 0 Å². The van der Waals surface area contributed by atoms with E-state index in [9.17, 15) is 8.78 Å². The third-order valence-corrected chi connectivity index (χ3v) is 3.74. The average Bonchev–Trinajstić information content (AvgIpc) is 2.88. The smallest absolute Gasteiger partial charge is 0.150 e. The second-order valence-corrected chi connectivity index (χ2v) is 5.18. The predicted molar refractivity (Wildman–Crippen MR) is 72.4 cm³/mol. The van der Waals surface area contributed by atoms with Gasteiger partial charge in [-0.15, -0.1) is 11.3 Å². The number of rotatable bonds is 4. The van der Waals surface area contributed by atoms with Crippen molar-refractivity contribution in [2.45, 2.75) is 6.42 Å². The number of nitrogens with zero attached hydrogens (tertiary/aromatic N) is 2. The number of hydrogen-bond acceptors (Lipinski definition) is 3. The molecule has 2 nitrogen and oxygen atoms in total. The molecule has 0 aliphatic heterocycles. The van der Waals surface area contributed by atoms with Crippen molar-refractivity contribution >= 4 is 17.0 Å². The Labute approximate surface area is 114 Å². The minimum atomic E-state index is -0.703. The van der Waals surface area contributed by atoms with Crippen molar-refractivity contribution in [3.63, 3.8) is 0 Å². The van der Waals surface area contributed by atoms with Crippen LogP contribution in [0, 0.1) is 23.0 Å². The standard InChI is InChI=1S/C14H12F2N2S/c1-18(5-4-11-3-2-6-19-11)14-12(15)7-10(9-17)8-13(14)16/h2-3,6-8H,4-5H2,1H3. The summed E-state index contributed by atoms with van der Waals surface area (Å²) in [7, 11) is 1.64. The molecule has 0 aliphatic rings. The molecule has 2 rings (SSSR count). The molecule has 0 N–H and O–H groups in total. The van der Waals surface area contributed by atoms with Gasteiger partial charge in [0.05, 0.1) is 11.6 Å². The Kier molecular flexibility index (Phi) is 4.13. The first-order valence-corrected chi connectivity index (χ1v) is 6.62. The van der Waals surface area contributed by atoms with Gasteiger partial charge >= 0.3 is 0 Å². The van der Waals surface area contributed by atoms with Crippen LogP contribution in [0.25, 0.3) is 0 Å². The van der Waals surface area contributed by atoms with Crippen LogP contribution in [0.15, 0.2) is 29.6 Å². The predicted octanol–water partition coefficient (Wildman–Crippen LogP) is 3.58. The van der Waals surface area contributed by atoms with Crippen molar-refractivity contribution in [3.05, 3.63) is 51.7 Å². The zero-order valence-corrected chi connectivity index (χ0v) is 11.2. The second-order valence-electron chi connectivity index (χ2n) is 4.15. The fourth-order valence-corrected chi connectivity index (χ4v) is 2.54. The molecule has 98 valence electrons. The summed E-state index contributed by atoms with van der Waals surface area (Å²) < 4.78 is 27.6. The van der Waals surface area contributed by atoms with E-state index in [1.54, 1.807) is 24.5 Å². The van der Waals surface area contributed by atoms with E-state index < -0.39 is 11.6 Å². The average molecular weight is 278 g/mol. The number of likely N-dealkylation sites (N-methyl/N-ethyl adjacent to an activating group) is 1. The lowest BCUT2D eigenvalue weighted by Gasteiger charge is -2.20. The summed E-state index contributed by atoms with van der Waals surface area (Å²) in [4.78, 5) is 2.70. The molecule has 0 spiro atoms. The molecular weight excluding hydrogens is 266 g/mol. The second kappa shape index (κ2) is 5.81. The van der Waals surface area contributed by atoms with Crippen LogP contribution < -0.4 is 4.90 Å². The fourth-order valence-electron chi connectivity index (χ4n) is 1.84. The van der Waals surface area contributed by atoms with E-state index in [0.717, 1.165) is 18.6 Å². The highest BCUT2D eigenvalue weighted by atomic mass is 32.1. The van der Waals surface area contributed by atoms with Crippen LogP contribution in [0.1, 0.15) is 10.4 Å². The number of benzene rings is 1. The molecule has 0 unspecified atom stereocenters. The lowest BCUT2D eigenvalue weighted by atomic mass is 10.2. The summed E-state index contributed by atoms with van der Waals surface area (Å²) in [6, 6.07) is 7.78. The minimum Gasteiger partial charge on any atom is -0.369 e. The summed E-state index contributed by atoms with van der Waals surface area (Å²) in [6.07, 6.45) is 0.729. The van der Waals surface area contributed by atoms with E-state index in [1.165, 1.54) is 9.78 Å². The SMILES string of the molecule is CN(CCc1cccs1)c1c(F)cc(C#N)cc1F. The molecule has 0 saturated heterocycles. The molecule has 1 aromatic heterocycles. The van der Waals surface area contributed by atoms with E-state index in [-0.39, 0.29) is 11.3 Å². The van der Waals surface area contributed by atoms with Crippen LogP contribution in [0.3, 0.4) is 0 Å². The van der Waals surface area contributed by atoms with Crippen molar-refractivity contribution in [1.29, 1.82) is 5.26 Å². The first-order chi connectivity index (χ1) is 9.11. The van der Waals surface area contributed by atoms with Gasteiger partial charge in [0, 0.05) is 18.5 Å². The third-order valence-electron chi connectivity index (χ3n) is 2.80. The van der Waals surface area contributed by atoms with Gasteiger partial charge in [0.15, 0.2) is 11.6 Å². The molecule has 0 saturated carbocycles. The lowest BCUT2D eigenvalue weighted by Crippen LogP contribution is -2.22. The molecule has 0 fully saturated rings. The highest BCUT2D eigenvalue weighted by Crippen LogP contribution is 2.24. The van der Waals surface area contributed by atoms with Gasteiger partial charge in [-0.05, 0) is 30.0 Å². The molecular formula is C14H12F2N2S. The Hall–Kier alpha value is -1.93. The third kappa shape index (κ3) is 3.09. The van der Waals surface area contributed by atoms with E-state index in [2.05, 4.69) is 0 Å². The molecule has 0 radical (unpaired) electrons. The van der Waals surface area contributed by atoms with Gasteiger partial charge < -0.3 is 4.90 Å². The molecule has 1 aromatic carbocycles. The van der Waals surface area contributed by atoms with E-state index in [1.807, 2.05) is 17.5 Å². The number of anilines is 1. The molecule has 5 heteroatoms. The Bertz CT molecular complexity index is 579. The maximum Gasteiger partial charge on any atom is 0.150 e. The van der Waals surface area contributed by atoms with Gasteiger partial charge in [-0.2, -0.15) is 5.26 Å². The summed E-state index contributed by atoms with van der Waals surface area (Å²) >= 11 is 1.62. The summed E-state index contributed by atoms with van der Waals surface area (Å²) in [6.45, 7) is 0.514. The molecule has 0 atom stereocenters. The maximum atomic E-state index is 13.8. The van der Waals surface area contributed by atoms with Crippen LogP contribution in [0.4, 0.5) is 14.5 Å². The van der Waals surface area contributed by atoms with Crippen molar-refractivity contribution in [2.75, 3.05) is 18.5 Å². The summed E-state index contributed by atoms with van der Waals surface area (Å²) in [5.74, 6) is -1.41. The number of nitriles is 1. The van der Waals surface area contributed by atoms with E-state index in [4.69, 9.17) is 5.26 Å². The van der Waals surface area contributed by atoms with Crippen molar-refractivity contribution in [3.8, 4) is 6.07 Å². The largest absolute Gasteiger partial charge is 0.369 e. The number of halogens is 2. The van der Waals surface area contributed by atoms with Crippen molar-refractivity contribution in [2.24, 2.45) is 0 Å². The first kappa shape index (κ1) is 13.5. The van der Waals surface area contributed by atoms with Gasteiger partial charge in [0.2, 0.25) is 0 Å². The molecule has 0 amide bonds. The maximum absolute atomic E-state index is 13.8. The topological polar surface area (TPSA) is 27.0 Å². The van der Waals surface area contributed by atoms with E-state index in [0.29, 0.717) is 6.54 Å². The molecule has 0 bridgehead atoms. The molecule has 1 heterocycles. The van der Waals surface area contributed by atoms with E-state index >= 15 is 0 Å². The van der Waals surface area contributed by atoms with Gasteiger partial charge in [-0.1, -0.05) is 6.07 Å². The van der Waals surface area contributed by atoms with Gasteiger partial charge in [0.1, 0.15) is 5.69 Å². The van der Waals surface area contributed by atoms with Crippen LogP contribution in [-0.2, 0) is 6.42 Å². The van der Waals surface area contributed by atoms with Crippen molar-refractivity contribution < 1.29 is 8.78 Å². The number of thiophene rings is 1. The highest BCUT2D eigenvalue weighted by Gasteiger charge is 2.15. The Morgan fingerprint density at radius 3 is 2.53 bits per heavy atom. The zero-order valence-electron chi connectivity index (χ0n) is 10.4. The quantitative estimate of drug-likeness (QED) is 0.854. The molecule has 2 aromatic rings. The lowest BCUT2D eigenvalue weighted by molar-refractivity contribution is 0.576. The highest BCUT2D eigenvalue weighted by molar-refractivity contribution is 7.09. The summed E-state index contributed by atoms with van der Waals surface area (Å²) in [5.41, 5.74) is -0.0963. The first-order valence-electron chi connectivity index (χ1n) is 5.74. The van der Waals surface area contributed by atoms with Gasteiger partial charge in [-0.25, -0.2) is 8.78 Å². The van der Waals surface area contributed by atoms with Crippen LogP contribution in [-0.4, -0.2) is 13.6 Å². The van der Waals surface area contributed by atoms with Gasteiger partial charge in [0.25, 0.3) is 0 Å². The zero-order chi connectivity index (χ0) is 13.8. The fraction of sp³-hybridized carbons (Fsp3) is 0.214. The molecule has 0 aliphatic carbocycles. The Balaban J connectivity index is 2.15. The monoisotopic (exact) mass is 278 g/mol. The Morgan fingerprint density at radius 1 is 1.32 bits per heavy atom. The van der Waals surface area contributed by atoms with Crippen LogP contribution in [0.2, 0.25) is 0 Å². The Morgan fingerprint density at radius 2 is 2.00 bits per heavy atom. The minimum absolute atomic E-state index is 0.00888. The number of hydrogen-bond donors (Lipinski definition) is 0. The summed E-state index contributed by atoms with van der Waals surface area (Å²) in [5, 5.41) is 10.6. The van der Waals surface area contributed by atoms with Crippen LogP contribution >= 0.6 is 11.3 Å².